The van der Waals surface area contributed by atoms with E-state index >= 15 is 0 Å². The number of pyridine rings is 1. The lowest BCUT2D eigenvalue weighted by Crippen LogP contribution is -2.44. The lowest BCUT2D eigenvalue weighted by molar-refractivity contribution is 0.0964. The number of amides is 1. The van der Waals surface area contributed by atoms with Crippen LogP contribution in [0.2, 0.25) is 0 Å². The number of fused-ring (bicyclic) bond motifs is 1. The Morgan fingerprint density at radius 2 is 1.83 bits per heavy atom. The van der Waals surface area contributed by atoms with Crippen molar-refractivity contribution in [3.05, 3.63) is 76.1 Å². The number of carbonyl (C=O) groups excluding carboxylic acids is 1. The van der Waals surface area contributed by atoms with E-state index in [1.165, 1.54) is 6.07 Å². The molecule has 0 spiro atoms. The number of halogens is 1. The van der Waals surface area contributed by atoms with Gasteiger partial charge in [-0.25, -0.2) is 0 Å². The van der Waals surface area contributed by atoms with Gasteiger partial charge in [0, 0.05) is 49.3 Å². The molecule has 0 aliphatic carbocycles. The van der Waals surface area contributed by atoms with Crippen molar-refractivity contribution in [1.29, 1.82) is 0 Å². The number of piperidine rings is 1. The topological polar surface area (TPSA) is 75.6 Å². The van der Waals surface area contributed by atoms with Gasteiger partial charge in [0.25, 0.3) is 11.5 Å². The van der Waals surface area contributed by atoms with Crippen LogP contribution in [0.1, 0.15) is 28.8 Å². The van der Waals surface area contributed by atoms with Gasteiger partial charge in [-0.3, -0.25) is 9.59 Å². The molecule has 1 aliphatic rings. The number of aromatic nitrogens is 1. The van der Waals surface area contributed by atoms with Crippen molar-refractivity contribution in [2.24, 2.45) is 0 Å². The lowest BCUT2D eigenvalue weighted by Gasteiger charge is -2.32. The first-order chi connectivity index (χ1) is 17.1. The summed E-state index contributed by atoms with van der Waals surface area (Å²) < 4.78 is 7.12. The third-order valence-corrected chi connectivity index (χ3v) is 6.50. The van der Waals surface area contributed by atoms with Gasteiger partial charge in [0.15, 0.2) is 0 Å². The second-order valence-corrected chi connectivity index (χ2v) is 8.67. The minimum atomic E-state index is -0.271. The highest BCUT2D eigenvalue weighted by molar-refractivity contribution is 6.06. The predicted molar refractivity (Wildman–Crippen MR) is 146 cm³/mol. The molecule has 1 amide bonds. The molecule has 7 nitrogen and oxygen atoms in total. The number of ether oxygens (including phenoxy) is 1. The molecule has 2 N–H and O–H groups in total. The normalized spacial score (nSPS) is 13.9. The predicted octanol–water partition coefficient (Wildman–Crippen LogP) is 2.90. The zero-order valence-corrected chi connectivity index (χ0v) is 21.6. The van der Waals surface area contributed by atoms with Crippen LogP contribution in [0.3, 0.4) is 0 Å². The summed E-state index contributed by atoms with van der Waals surface area (Å²) in [5.74, 6) is 6.77. The highest BCUT2D eigenvalue weighted by Crippen LogP contribution is 2.23. The third kappa shape index (κ3) is 6.67. The molecule has 1 aromatic heterocycles. The van der Waals surface area contributed by atoms with Gasteiger partial charge in [-0.2, -0.15) is 0 Å². The molecule has 2 aromatic carbocycles. The molecule has 190 valence electrons. The Labute approximate surface area is 218 Å². The molecule has 3 aromatic rings. The molecule has 1 aliphatic heterocycles. The SMILES string of the molecule is CNC(=O)c1cc(=O)n(CCN2CCC(NCC#Cc3ccccc3)CC2)c2cc(OC)ccc12.Cl. The fourth-order valence-electron chi connectivity index (χ4n) is 4.51. The number of methoxy groups -OCH3 is 1. The van der Waals surface area contributed by atoms with Crippen LogP contribution in [0.4, 0.5) is 0 Å². The molecule has 0 saturated carbocycles. The van der Waals surface area contributed by atoms with Crippen molar-refractivity contribution < 1.29 is 9.53 Å². The molecule has 8 heteroatoms. The number of nitrogens with zero attached hydrogens (tertiary/aromatic N) is 2. The summed E-state index contributed by atoms with van der Waals surface area (Å²) in [5, 5.41) is 6.91. The summed E-state index contributed by atoms with van der Waals surface area (Å²) in [5.41, 5.74) is 1.95. The number of benzene rings is 2. The van der Waals surface area contributed by atoms with Crippen LogP contribution in [0.5, 0.6) is 5.75 Å². The Morgan fingerprint density at radius 3 is 2.53 bits per heavy atom. The fourth-order valence-corrected chi connectivity index (χ4v) is 4.51. The van der Waals surface area contributed by atoms with Gasteiger partial charge < -0.3 is 24.8 Å². The molecule has 0 radical (unpaired) electrons. The fraction of sp³-hybridized carbons (Fsp3) is 0.357. The molecule has 36 heavy (non-hydrogen) atoms. The molecule has 2 heterocycles. The van der Waals surface area contributed by atoms with Gasteiger partial charge in [0.1, 0.15) is 5.75 Å². The van der Waals surface area contributed by atoms with Gasteiger partial charge in [0.05, 0.1) is 24.7 Å². The summed E-state index contributed by atoms with van der Waals surface area (Å²) in [6, 6.07) is 17.4. The number of nitrogens with one attached hydrogen (secondary N) is 2. The Kier molecular flexibility index (Phi) is 9.95. The lowest BCUT2D eigenvalue weighted by atomic mass is 10.0. The van der Waals surface area contributed by atoms with Crippen LogP contribution < -0.4 is 20.9 Å². The second-order valence-electron chi connectivity index (χ2n) is 8.67. The van der Waals surface area contributed by atoms with Gasteiger partial charge in [0.2, 0.25) is 0 Å². The van der Waals surface area contributed by atoms with E-state index < -0.39 is 0 Å². The average molecular weight is 509 g/mol. The van der Waals surface area contributed by atoms with E-state index in [1.54, 1.807) is 18.7 Å². The number of hydrogen-bond acceptors (Lipinski definition) is 5. The van der Waals surface area contributed by atoms with Gasteiger partial charge >= 0.3 is 0 Å². The molecule has 1 fully saturated rings. The molecular formula is C28H33ClN4O3. The van der Waals surface area contributed by atoms with Crippen molar-refractivity contribution in [3.63, 3.8) is 0 Å². The van der Waals surface area contributed by atoms with Crippen molar-refractivity contribution in [2.75, 3.05) is 40.3 Å². The van der Waals surface area contributed by atoms with Gasteiger partial charge in [-0.15, -0.1) is 12.4 Å². The number of rotatable bonds is 7. The minimum absolute atomic E-state index is 0. The van der Waals surface area contributed by atoms with E-state index in [4.69, 9.17) is 4.74 Å². The van der Waals surface area contributed by atoms with E-state index in [2.05, 4.69) is 27.4 Å². The summed E-state index contributed by atoms with van der Waals surface area (Å²) in [6.45, 7) is 3.94. The minimum Gasteiger partial charge on any atom is -0.497 e. The van der Waals surface area contributed by atoms with E-state index in [1.807, 2.05) is 48.5 Å². The summed E-state index contributed by atoms with van der Waals surface area (Å²) >= 11 is 0. The zero-order chi connectivity index (χ0) is 24.6. The van der Waals surface area contributed by atoms with Crippen molar-refractivity contribution in [2.45, 2.75) is 25.4 Å². The Hall–Kier alpha value is -3.31. The molecule has 4 rings (SSSR count). The van der Waals surface area contributed by atoms with Crippen LogP contribution >= 0.6 is 12.4 Å². The molecule has 0 atom stereocenters. The number of carbonyl (C=O) groups is 1. The van der Waals surface area contributed by atoms with Crippen molar-refractivity contribution >= 4 is 29.2 Å². The van der Waals surface area contributed by atoms with Crippen LogP contribution in [0.15, 0.2) is 59.4 Å². The molecular weight excluding hydrogens is 476 g/mol. The van der Waals surface area contributed by atoms with E-state index in [0.717, 1.165) is 43.4 Å². The Morgan fingerprint density at radius 1 is 1.08 bits per heavy atom. The summed E-state index contributed by atoms with van der Waals surface area (Å²) in [7, 11) is 3.16. The molecule has 1 saturated heterocycles. The second kappa shape index (κ2) is 13.1. The number of likely N-dealkylation sites (tertiary alicyclic amines) is 1. The summed E-state index contributed by atoms with van der Waals surface area (Å²) in [4.78, 5) is 27.7. The monoisotopic (exact) mass is 508 g/mol. The largest absolute Gasteiger partial charge is 0.497 e. The van der Waals surface area contributed by atoms with Crippen molar-refractivity contribution in [1.82, 2.24) is 20.1 Å². The Balaban J connectivity index is 0.00000361. The number of hydrogen-bond donors (Lipinski definition) is 2. The third-order valence-electron chi connectivity index (χ3n) is 6.50. The molecule has 0 unspecified atom stereocenters. The van der Waals surface area contributed by atoms with Crippen LogP contribution in [-0.2, 0) is 6.54 Å². The maximum Gasteiger partial charge on any atom is 0.251 e. The highest BCUT2D eigenvalue weighted by Gasteiger charge is 2.19. The van der Waals surface area contributed by atoms with Crippen LogP contribution in [0.25, 0.3) is 10.9 Å². The zero-order valence-electron chi connectivity index (χ0n) is 20.8. The van der Waals surface area contributed by atoms with Crippen LogP contribution in [-0.4, -0.2) is 61.8 Å². The first kappa shape index (κ1) is 27.3. The first-order valence-electron chi connectivity index (χ1n) is 12.0. The maximum absolute atomic E-state index is 12.9. The Bertz CT molecular complexity index is 1290. The first-order valence-corrected chi connectivity index (χ1v) is 12.0. The highest BCUT2D eigenvalue weighted by atomic mass is 35.5. The van der Waals surface area contributed by atoms with Gasteiger partial charge in [-0.05, 0) is 50.2 Å². The molecule has 0 bridgehead atoms. The summed E-state index contributed by atoms with van der Waals surface area (Å²) in [6.07, 6.45) is 2.10. The standard InChI is InChI=1S/C28H32N4O3.ClH/c1-29-28(34)25-20-27(33)32(26-19-23(35-2)10-11-24(25)26)18-17-31-15-12-22(13-16-31)30-14-6-9-21-7-4-3-5-8-21;/h3-5,7-8,10-11,19-20,22,30H,12-18H2,1-2H3,(H,29,34);1H. The van der Waals surface area contributed by atoms with E-state index in [-0.39, 0.29) is 23.9 Å². The van der Waals surface area contributed by atoms with Crippen LogP contribution in [0, 0.1) is 11.8 Å². The quantitative estimate of drug-likeness (QED) is 0.480. The average Bonchev–Trinajstić information content (AvgIpc) is 2.90. The van der Waals surface area contributed by atoms with Crippen molar-refractivity contribution in [3.8, 4) is 17.6 Å². The van der Waals surface area contributed by atoms with Gasteiger partial charge in [-0.1, -0.05) is 30.0 Å². The van der Waals surface area contributed by atoms with E-state index in [9.17, 15) is 9.59 Å². The van der Waals surface area contributed by atoms with E-state index in [0.29, 0.717) is 36.0 Å². The maximum atomic E-state index is 12.9. The smallest absolute Gasteiger partial charge is 0.251 e.